The maximum Gasteiger partial charge on any atom is 0.349 e. The summed E-state index contributed by atoms with van der Waals surface area (Å²) >= 11 is 6.83. The number of benzene rings is 1. The molecular weight excluding hydrogens is 454 g/mol. The predicted octanol–water partition coefficient (Wildman–Crippen LogP) is 3.32. The van der Waals surface area contributed by atoms with Crippen LogP contribution in [0, 0.1) is 6.92 Å². The van der Waals surface area contributed by atoms with Gasteiger partial charge in [0, 0.05) is 11.1 Å². The minimum atomic E-state index is -4.30. The summed E-state index contributed by atoms with van der Waals surface area (Å²) in [7, 11) is -3.14. The highest BCUT2D eigenvalue weighted by Crippen LogP contribution is 2.30. The van der Waals surface area contributed by atoms with Crippen molar-refractivity contribution < 1.29 is 27.3 Å². The maximum absolute atomic E-state index is 13.4. The first-order valence-electron chi connectivity index (χ1n) is 8.39. The number of aromatic nitrogens is 1. The number of sulfonamides is 1. The van der Waals surface area contributed by atoms with E-state index in [9.17, 15) is 18.0 Å². The molecule has 1 aromatic carbocycles. The largest absolute Gasteiger partial charge is 0.465 e. The Morgan fingerprint density at radius 2 is 1.97 bits per heavy atom. The van der Waals surface area contributed by atoms with Crippen LogP contribution in [0.2, 0.25) is 5.02 Å². The summed E-state index contributed by atoms with van der Waals surface area (Å²) in [5.74, 6) is -0.816. The first-order valence-corrected chi connectivity index (χ1v) is 11.1. The Kier molecular flexibility index (Phi) is 6.44. The van der Waals surface area contributed by atoms with Gasteiger partial charge in [-0.1, -0.05) is 16.8 Å². The molecule has 0 saturated heterocycles. The molecule has 0 spiro atoms. The van der Waals surface area contributed by atoms with E-state index < -0.39 is 28.4 Å². The third-order valence-corrected chi connectivity index (χ3v) is 6.96. The number of nitrogens with zero attached hydrogens (tertiary/aromatic N) is 2. The number of hydrogen-bond donors (Lipinski definition) is 1. The van der Waals surface area contributed by atoms with Crippen molar-refractivity contribution in [3.05, 3.63) is 57.4 Å². The van der Waals surface area contributed by atoms with Crippen LogP contribution >= 0.6 is 22.9 Å². The molecular formula is C18H16ClN3O6S2. The summed E-state index contributed by atoms with van der Waals surface area (Å²) in [6.45, 7) is 1.07. The molecule has 30 heavy (non-hydrogen) atoms. The molecule has 0 aliphatic carbocycles. The van der Waals surface area contributed by atoms with Gasteiger partial charge in [0.15, 0.2) is 5.82 Å². The van der Waals surface area contributed by atoms with E-state index >= 15 is 0 Å². The second kappa shape index (κ2) is 8.86. The highest BCUT2D eigenvalue weighted by molar-refractivity contribution is 7.93. The lowest BCUT2D eigenvalue weighted by Gasteiger charge is -2.24. The first kappa shape index (κ1) is 21.8. The van der Waals surface area contributed by atoms with Crippen molar-refractivity contribution in [2.24, 2.45) is 0 Å². The molecule has 2 heterocycles. The third-order valence-electron chi connectivity index (χ3n) is 3.87. The number of rotatable bonds is 7. The molecule has 0 atom stereocenters. The van der Waals surface area contributed by atoms with Crippen LogP contribution in [0.1, 0.15) is 15.4 Å². The monoisotopic (exact) mass is 469 g/mol. The van der Waals surface area contributed by atoms with E-state index in [1.165, 1.54) is 41.8 Å². The normalized spacial score (nSPS) is 11.2. The van der Waals surface area contributed by atoms with Crippen molar-refractivity contribution in [1.29, 1.82) is 0 Å². The van der Waals surface area contributed by atoms with E-state index in [4.69, 9.17) is 16.1 Å². The van der Waals surface area contributed by atoms with Crippen LogP contribution in [0.5, 0.6) is 0 Å². The summed E-state index contributed by atoms with van der Waals surface area (Å²) in [6.07, 6.45) is 0. The van der Waals surface area contributed by atoms with Crippen molar-refractivity contribution in [2.45, 2.75) is 11.8 Å². The van der Waals surface area contributed by atoms with E-state index in [-0.39, 0.29) is 21.3 Å². The van der Waals surface area contributed by atoms with Crippen LogP contribution in [-0.2, 0) is 19.6 Å². The van der Waals surface area contributed by atoms with Crippen LogP contribution in [0.4, 0.5) is 11.5 Å². The Labute approximate surface area is 181 Å². The lowest BCUT2D eigenvalue weighted by molar-refractivity contribution is -0.114. The summed E-state index contributed by atoms with van der Waals surface area (Å²) in [4.78, 5) is 24.2. The van der Waals surface area contributed by atoms with Crippen LogP contribution in [0.3, 0.4) is 0 Å². The molecule has 0 fully saturated rings. The van der Waals surface area contributed by atoms with Crippen LogP contribution in [0.15, 0.2) is 51.2 Å². The number of hydrogen-bond acceptors (Lipinski definition) is 8. The lowest BCUT2D eigenvalue weighted by Crippen LogP contribution is -2.38. The third kappa shape index (κ3) is 4.64. The van der Waals surface area contributed by atoms with Gasteiger partial charge in [-0.25, -0.2) is 13.2 Å². The summed E-state index contributed by atoms with van der Waals surface area (Å²) in [5, 5.41) is 7.98. The number of methoxy groups -OCH3 is 1. The van der Waals surface area contributed by atoms with Gasteiger partial charge in [0.1, 0.15) is 22.1 Å². The number of nitrogens with one attached hydrogen (secondary N) is 1. The fourth-order valence-corrected chi connectivity index (χ4v) is 5.38. The van der Waals surface area contributed by atoms with E-state index in [0.29, 0.717) is 10.8 Å². The molecule has 0 aliphatic heterocycles. The number of carbonyl (C=O) groups is 2. The standard InChI is InChI=1S/C18H16ClN3O6S2/c1-11-9-15(21-28-11)20-16(23)10-22(13-5-3-12(19)4-6-13)30(25,26)14-7-8-29-17(14)18(24)27-2/h3-9H,10H2,1-2H3,(H,20,21,23). The number of esters is 1. The number of anilines is 2. The fraction of sp³-hybridized carbons (Fsp3) is 0.167. The van der Waals surface area contributed by atoms with Gasteiger partial charge >= 0.3 is 5.97 Å². The predicted molar refractivity (Wildman–Crippen MR) is 112 cm³/mol. The quantitative estimate of drug-likeness (QED) is 0.527. The highest BCUT2D eigenvalue weighted by atomic mass is 35.5. The molecule has 9 nitrogen and oxygen atoms in total. The van der Waals surface area contributed by atoms with Crippen LogP contribution in [0.25, 0.3) is 0 Å². The molecule has 0 radical (unpaired) electrons. The Morgan fingerprint density at radius 1 is 1.27 bits per heavy atom. The molecule has 12 heteroatoms. The van der Waals surface area contributed by atoms with Crippen LogP contribution < -0.4 is 9.62 Å². The second-order valence-corrected chi connectivity index (χ2v) is 9.15. The molecule has 3 rings (SSSR count). The molecule has 3 aromatic rings. The van der Waals surface area contributed by atoms with Crippen molar-refractivity contribution >= 4 is 56.3 Å². The van der Waals surface area contributed by atoms with Crippen molar-refractivity contribution in [3.63, 3.8) is 0 Å². The zero-order valence-corrected chi connectivity index (χ0v) is 18.2. The fourth-order valence-electron chi connectivity index (χ4n) is 2.52. The molecule has 1 amide bonds. The Balaban J connectivity index is 1.99. The van der Waals surface area contributed by atoms with Gasteiger partial charge in [0.25, 0.3) is 10.0 Å². The number of amides is 1. The van der Waals surface area contributed by atoms with E-state index in [1.54, 1.807) is 6.92 Å². The van der Waals surface area contributed by atoms with Crippen LogP contribution in [-0.4, -0.2) is 39.1 Å². The maximum atomic E-state index is 13.4. The van der Waals surface area contributed by atoms with E-state index in [0.717, 1.165) is 22.8 Å². The topological polar surface area (TPSA) is 119 Å². The average Bonchev–Trinajstić information content (AvgIpc) is 3.36. The number of aryl methyl sites for hydroxylation is 1. The van der Waals surface area contributed by atoms with Gasteiger partial charge in [0.05, 0.1) is 12.8 Å². The van der Waals surface area contributed by atoms with Gasteiger partial charge in [-0.15, -0.1) is 11.3 Å². The highest BCUT2D eigenvalue weighted by Gasteiger charge is 2.32. The van der Waals surface area contributed by atoms with Crippen molar-refractivity contribution in [3.8, 4) is 0 Å². The van der Waals surface area contributed by atoms with Crippen molar-refractivity contribution in [1.82, 2.24) is 5.16 Å². The number of carbonyl (C=O) groups excluding carboxylic acids is 2. The Morgan fingerprint density at radius 3 is 2.57 bits per heavy atom. The first-order chi connectivity index (χ1) is 14.2. The average molecular weight is 470 g/mol. The zero-order chi connectivity index (χ0) is 21.9. The molecule has 158 valence electrons. The molecule has 0 unspecified atom stereocenters. The summed E-state index contributed by atoms with van der Waals surface area (Å²) in [5.41, 5.74) is 0.188. The molecule has 2 aromatic heterocycles. The Bertz CT molecular complexity index is 1170. The molecule has 1 N–H and O–H groups in total. The van der Waals surface area contributed by atoms with E-state index in [1.807, 2.05) is 0 Å². The molecule has 0 saturated carbocycles. The summed E-state index contributed by atoms with van der Waals surface area (Å²) < 4.78 is 37.2. The van der Waals surface area contributed by atoms with Gasteiger partial charge in [-0.05, 0) is 42.6 Å². The smallest absolute Gasteiger partial charge is 0.349 e. The van der Waals surface area contributed by atoms with E-state index in [2.05, 4.69) is 15.2 Å². The molecule has 0 bridgehead atoms. The molecule has 0 aliphatic rings. The van der Waals surface area contributed by atoms with Gasteiger partial charge < -0.3 is 14.6 Å². The van der Waals surface area contributed by atoms with Gasteiger partial charge in [0.2, 0.25) is 5.91 Å². The lowest BCUT2D eigenvalue weighted by atomic mass is 10.3. The minimum absolute atomic E-state index is 0.0935. The number of thiophene rings is 1. The van der Waals surface area contributed by atoms with Crippen molar-refractivity contribution in [2.75, 3.05) is 23.3 Å². The SMILES string of the molecule is COC(=O)c1sccc1S(=O)(=O)N(CC(=O)Nc1cc(C)on1)c1ccc(Cl)cc1. The number of halogens is 1. The Hall–Kier alpha value is -2.89. The summed E-state index contributed by atoms with van der Waals surface area (Å²) in [6, 6.07) is 8.68. The number of ether oxygens (including phenoxy) is 1. The van der Waals surface area contributed by atoms with Gasteiger partial charge in [-0.2, -0.15) is 0 Å². The zero-order valence-electron chi connectivity index (χ0n) is 15.8. The second-order valence-electron chi connectivity index (χ2n) is 5.96. The van der Waals surface area contributed by atoms with Gasteiger partial charge in [-0.3, -0.25) is 9.10 Å². The minimum Gasteiger partial charge on any atom is -0.465 e.